The van der Waals surface area contributed by atoms with Gasteiger partial charge < -0.3 is 34.6 Å². The van der Waals surface area contributed by atoms with Gasteiger partial charge in [-0.1, -0.05) is 94.4 Å². The highest BCUT2D eigenvalue weighted by Gasteiger charge is 2.45. The smallest absolute Gasteiger partial charge is 0.409 e. The van der Waals surface area contributed by atoms with E-state index in [0.29, 0.717) is 23.9 Å². The molecule has 2 aliphatic rings. The molecule has 0 saturated carbocycles. The number of likely N-dealkylation sites (tertiary alicyclic amines) is 1. The summed E-state index contributed by atoms with van der Waals surface area (Å²) < 4.78 is 38.5. The topological polar surface area (TPSA) is 203 Å². The van der Waals surface area contributed by atoms with Crippen LogP contribution in [-0.2, 0) is 29.1 Å². The molecule has 2 saturated heterocycles. The molecule has 7 rings (SSSR count). The number of H-pyrrole nitrogens is 2. The standard InChI is InChI=1S/C46H55N9O8S/c1-28(2)39(51-45(58)62-6)43(56)55-27-53(64(60,61)34-12-9-8-10-13-34)26-38(55)42-48-25-36(50-42)33-21-17-31(18-22-33)30-15-19-32(20-16-30)35-24-47-41(49-35)37-14-11-23-54(37)44(57)40(29(3)4)52(5)46(59)63-7/h8-10,12-13,15-22,24-25,28-29,37-40H,11,14,23,26-27H2,1-7H3,(H,47,49)(H,48,50)(H,51,58)/t37-,38-,39-,40-/m0/s1. The Balaban J connectivity index is 1.06. The van der Waals surface area contributed by atoms with Gasteiger partial charge in [0.2, 0.25) is 21.8 Å². The molecule has 3 aromatic carbocycles. The number of sulfonamides is 1. The van der Waals surface area contributed by atoms with Gasteiger partial charge in [-0.3, -0.25) is 14.5 Å². The number of imidazole rings is 2. The van der Waals surface area contributed by atoms with Crippen molar-refractivity contribution in [2.75, 3.05) is 41.0 Å². The first-order chi connectivity index (χ1) is 30.6. The van der Waals surface area contributed by atoms with Crippen LogP contribution in [0.2, 0.25) is 0 Å². The molecule has 338 valence electrons. The summed E-state index contributed by atoms with van der Waals surface area (Å²) in [6.45, 7) is 7.68. The average Bonchev–Trinajstić information content (AvgIpc) is 4.15. The number of aromatic amines is 2. The van der Waals surface area contributed by atoms with E-state index in [1.165, 1.54) is 40.5 Å². The number of alkyl carbamates (subject to hydrolysis) is 1. The lowest BCUT2D eigenvalue weighted by Gasteiger charge is -2.34. The molecule has 64 heavy (non-hydrogen) atoms. The van der Waals surface area contributed by atoms with Crippen molar-refractivity contribution >= 4 is 34.0 Å². The van der Waals surface area contributed by atoms with Gasteiger partial charge in [-0.05, 0) is 59.1 Å². The van der Waals surface area contributed by atoms with Crippen molar-refractivity contribution in [2.24, 2.45) is 11.8 Å². The van der Waals surface area contributed by atoms with Crippen LogP contribution in [0.3, 0.4) is 0 Å². The summed E-state index contributed by atoms with van der Waals surface area (Å²) in [5.41, 5.74) is 5.22. The number of benzene rings is 3. The van der Waals surface area contributed by atoms with Crippen LogP contribution in [0.15, 0.2) is 96.2 Å². The summed E-state index contributed by atoms with van der Waals surface area (Å²) >= 11 is 0. The van der Waals surface area contributed by atoms with Crippen LogP contribution >= 0.6 is 0 Å². The summed E-state index contributed by atoms with van der Waals surface area (Å²) in [5.74, 6) is 0.0546. The number of carbonyl (C=O) groups is 4. The Hall–Kier alpha value is -6.53. The Bertz CT molecular complexity index is 2560. The molecular formula is C46H55N9O8S. The molecule has 0 aliphatic carbocycles. The van der Waals surface area contributed by atoms with Crippen molar-refractivity contribution in [2.45, 2.75) is 69.6 Å². The van der Waals surface area contributed by atoms with Crippen molar-refractivity contribution in [3.8, 4) is 33.6 Å². The fourth-order valence-corrected chi connectivity index (χ4v) is 9.91. The van der Waals surface area contributed by atoms with E-state index in [2.05, 4.69) is 20.3 Å². The lowest BCUT2D eigenvalue weighted by atomic mass is 10.0. The Labute approximate surface area is 373 Å². The number of rotatable bonds is 13. The number of hydrogen-bond acceptors (Lipinski definition) is 10. The number of nitrogens with one attached hydrogen (secondary N) is 3. The highest BCUT2D eigenvalue weighted by molar-refractivity contribution is 7.89. The largest absolute Gasteiger partial charge is 0.453 e. The molecule has 0 bridgehead atoms. The first kappa shape index (κ1) is 45.5. The molecule has 4 atom stereocenters. The quantitative estimate of drug-likeness (QED) is 0.118. The van der Waals surface area contributed by atoms with Crippen molar-refractivity contribution in [3.05, 3.63) is 103 Å². The molecule has 3 N–H and O–H groups in total. The second-order valence-electron chi connectivity index (χ2n) is 16.8. The van der Waals surface area contributed by atoms with Crippen LogP contribution < -0.4 is 5.32 Å². The van der Waals surface area contributed by atoms with E-state index in [9.17, 15) is 27.6 Å². The normalized spacial score (nSPS) is 17.7. The van der Waals surface area contributed by atoms with Crippen LogP contribution in [-0.4, -0.2) is 124 Å². The van der Waals surface area contributed by atoms with Gasteiger partial charge in [0.15, 0.2) is 0 Å². The maximum atomic E-state index is 14.1. The summed E-state index contributed by atoms with van der Waals surface area (Å²) in [4.78, 5) is 73.3. The lowest BCUT2D eigenvalue weighted by molar-refractivity contribution is -0.138. The number of likely N-dealkylation sites (N-methyl/N-ethyl adjacent to an activating group) is 1. The zero-order valence-electron chi connectivity index (χ0n) is 37.0. The molecule has 17 nitrogen and oxygen atoms in total. The number of hydrogen-bond donors (Lipinski definition) is 3. The SMILES string of the molecule is COC(=O)N[C@H](C(=O)N1CN(S(=O)(=O)c2ccccc2)C[C@H]1c1ncc(-c2ccc(-c3ccc(-c4cnc([C@@H]5CCCN5C(=O)[C@H](C(C)C)N(C)C(=O)OC)[nH]4)cc3)cc2)[nH]1)C(C)C. The van der Waals surface area contributed by atoms with Gasteiger partial charge in [0.25, 0.3) is 0 Å². The number of nitrogens with zero attached hydrogens (tertiary/aromatic N) is 6. The number of methoxy groups -OCH3 is 2. The van der Waals surface area contributed by atoms with E-state index in [4.69, 9.17) is 14.5 Å². The Morgan fingerprint density at radius 2 is 1.28 bits per heavy atom. The Morgan fingerprint density at radius 3 is 1.80 bits per heavy atom. The van der Waals surface area contributed by atoms with E-state index in [-0.39, 0.29) is 41.9 Å². The van der Waals surface area contributed by atoms with Crippen molar-refractivity contribution in [3.63, 3.8) is 0 Å². The number of carbonyl (C=O) groups excluding carboxylic acids is 4. The number of ether oxygens (including phenoxy) is 2. The van der Waals surface area contributed by atoms with Gasteiger partial charge in [-0.15, -0.1) is 0 Å². The highest BCUT2D eigenvalue weighted by Crippen LogP contribution is 2.36. The van der Waals surface area contributed by atoms with Crippen molar-refractivity contribution in [1.29, 1.82) is 0 Å². The van der Waals surface area contributed by atoms with E-state index in [1.807, 2.05) is 67.3 Å². The summed E-state index contributed by atoms with van der Waals surface area (Å²) in [6, 6.07) is 21.4. The Morgan fingerprint density at radius 1 is 0.734 bits per heavy atom. The molecule has 0 radical (unpaired) electrons. The summed E-state index contributed by atoms with van der Waals surface area (Å²) in [6.07, 6.45) is 3.69. The minimum absolute atomic E-state index is 0.0541. The van der Waals surface area contributed by atoms with Gasteiger partial charge in [0, 0.05) is 20.1 Å². The maximum absolute atomic E-state index is 14.1. The zero-order chi connectivity index (χ0) is 45.9. The molecule has 0 spiro atoms. The highest BCUT2D eigenvalue weighted by atomic mass is 32.2. The van der Waals surface area contributed by atoms with Gasteiger partial charge in [-0.2, -0.15) is 4.31 Å². The van der Waals surface area contributed by atoms with Gasteiger partial charge >= 0.3 is 12.2 Å². The van der Waals surface area contributed by atoms with E-state index < -0.39 is 46.2 Å². The van der Waals surface area contributed by atoms with Gasteiger partial charge in [-0.25, -0.2) is 28.0 Å². The minimum Gasteiger partial charge on any atom is -0.453 e. The molecular weight excluding hydrogens is 839 g/mol. The van der Waals surface area contributed by atoms with Gasteiger partial charge in [0.05, 0.1) is 55.6 Å². The third-order valence-electron chi connectivity index (χ3n) is 12.0. The first-order valence-electron chi connectivity index (χ1n) is 21.2. The predicted octanol–water partition coefficient (Wildman–Crippen LogP) is 6.43. The van der Waals surface area contributed by atoms with E-state index >= 15 is 0 Å². The fraction of sp³-hybridized carbons (Fsp3) is 0.391. The molecule has 18 heteroatoms. The van der Waals surface area contributed by atoms with Crippen LogP contribution in [0.4, 0.5) is 9.59 Å². The second kappa shape index (κ2) is 19.1. The van der Waals surface area contributed by atoms with Crippen molar-refractivity contribution in [1.82, 2.24) is 44.3 Å². The average molecular weight is 894 g/mol. The lowest BCUT2D eigenvalue weighted by Crippen LogP contribution is -2.51. The van der Waals surface area contributed by atoms with E-state index in [0.717, 1.165) is 40.8 Å². The molecule has 2 aliphatic heterocycles. The number of aromatic nitrogens is 4. The van der Waals surface area contributed by atoms with Gasteiger partial charge in [0.1, 0.15) is 29.8 Å². The molecule has 5 aromatic rings. The molecule has 2 fully saturated rings. The third kappa shape index (κ3) is 9.24. The summed E-state index contributed by atoms with van der Waals surface area (Å²) in [7, 11) is 0.131. The predicted molar refractivity (Wildman–Crippen MR) is 238 cm³/mol. The zero-order valence-corrected chi connectivity index (χ0v) is 37.8. The Kier molecular flexibility index (Phi) is 13.6. The fourth-order valence-electron chi connectivity index (χ4n) is 8.50. The molecule has 2 aromatic heterocycles. The molecule has 4 amide bonds. The maximum Gasteiger partial charge on any atom is 0.409 e. The second-order valence-corrected chi connectivity index (χ2v) is 18.7. The van der Waals surface area contributed by atoms with Crippen molar-refractivity contribution < 1.29 is 37.1 Å². The van der Waals surface area contributed by atoms with E-state index in [1.54, 1.807) is 51.5 Å². The third-order valence-corrected chi connectivity index (χ3v) is 13.8. The van der Waals surface area contributed by atoms with Crippen LogP contribution in [0.5, 0.6) is 0 Å². The van der Waals surface area contributed by atoms with Crippen LogP contribution in [0, 0.1) is 11.8 Å². The molecule has 4 heterocycles. The van der Waals surface area contributed by atoms with Crippen LogP contribution in [0.1, 0.15) is 64.3 Å². The molecule has 0 unspecified atom stereocenters. The summed E-state index contributed by atoms with van der Waals surface area (Å²) in [5, 5.41) is 2.61. The minimum atomic E-state index is -3.98. The van der Waals surface area contributed by atoms with Crippen LogP contribution in [0.25, 0.3) is 33.6 Å². The monoisotopic (exact) mass is 893 g/mol. The number of amides is 4. The first-order valence-corrected chi connectivity index (χ1v) is 22.7.